The highest BCUT2D eigenvalue weighted by Crippen LogP contribution is 2.22. The number of piperazine rings is 1. The number of ether oxygens (including phenoxy) is 1. The van der Waals surface area contributed by atoms with Gasteiger partial charge in [0.15, 0.2) is 0 Å². The van der Waals surface area contributed by atoms with Crippen molar-refractivity contribution in [1.29, 1.82) is 0 Å². The van der Waals surface area contributed by atoms with Crippen LogP contribution in [0.5, 0.6) is 0 Å². The van der Waals surface area contributed by atoms with Gasteiger partial charge in [0.05, 0.1) is 12.7 Å². The van der Waals surface area contributed by atoms with Gasteiger partial charge in [0.25, 0.3) is 0 Å². The van der Waals surface area contributed by atoms with E-state index in [0.717, 1.165) is 32.7 Å². The first-order valence-electron chi connectivity index (χ1n) is 12.5. The zero-order valence-corrected chi connectivity index (χ0v) is 20.5. The van der Waals surface area contributed by atoms with Gasteiger partial charge in [-0.3, -0.25) is 14.7 Å². The van der Waals surface area contributed by atoms with E-state index in [9.17, 15) is 4.79 Å². The van der Waals surface area contributed by atoms with E-state index < -0.39 is 0 Å². The number of esters is 1. The summed E-state index contributed by atoms with van der Waals surface area (Å²) in [5.41, 5.74) is 4.68. The van der Waals surface area contributed by atoms with Gasteiger partial charge in [0.1, 0.15) is 0 Å². The molecule has 0 aliphatic carbocycles. The monoisotopic (exact) mass is 449 g/mol. The lowest BCUT2D eigenvalue weighted by atomic mass is 10.0. The van der Waals surface area contributed by atoms with Crippen molar-refractivity contribution in [3.05, 3.63) is 70.8 Å². The lowest BCUT2D eigenvalue weighted by Gasteiger charge is -2.44. The molecular weight excluding hydrogens is 410 g/mol. The fraction of sp³-hybridized carbons (Fsp3) is 0.536. The molecule has 5 heteroatoms. The van der Waals surface area contributed by atoms with Gasteiger partial charge in [-0.1, -0.05) is 42.8 Å². The third-order valence-corrected chi connectivity index (χ3v) is 7.20. The minimum Gasteiger partial charge on any atom is -0.465 e. The van der Waals surface area contributed by atoms with Crippen molar-refractivity contribution in [3.8, 4) is 0 Å². The molecule has 2 aromatic carbocycles. The molecule has 2 heterocycles. The van der Waals surface area contributed by atoms with Crippen molar-refractivity contribution < 1.29 is 9.53 Å². The fourth-order valence-electron chi connectivity index (χ4n) is 5.37. The lowest BCUT2D eigenvalue weighted by molar-refractivity contribution is 0.0290. The van der Waals surface area contributed by atoms with Gasteiger partial charge in [-0.15, -0.1) is 0 Å². The van der Waals surface area contributed by atoms with Crippen molar-refractivity contribution in [2.45, 2.75) is 64.8 Å². The highest BCUT2D eigenvalue weighted by molar-refractivity contribution is 5.89. The maximum absolute atomic E-state index is 11.7. The van der Waals surface area contributed by atoms with Crippen LogP contribution in [0.1, 0.15) is 60.2 Å². The first kappa shape index (κ1) is 23.9. The molecular formula is C28H39N3O2. The molecule has 0 saturated carbocycles. The molecule has 178 valence electrons. The molecule has 0 N–H and O–H groups in total. The van der Waals surface area contributed by atoms with Gasteiger partial charge >= 0.3 is 5.97 Å². The van der Waals surface area contributed by atoms with E-state index in [-0.39, 0.29) is 5.97 Å². The number of methoxy groups -OCH3 is 1. The minimum absolute atomic E-state index is 0.281. The number of hydrogen-bond acceptors (Lipinski definition) is 5. The van der Waals surface area contributed by atoms with Crippen molar-refractivity contribution in [1.82, 2.24) is 14.7 Å². The zero-order chi connectivity index (χ0) is 23.2. The number of hydrogen-bond donors (Lipinski definition) is 0. The summed E-state index contributed by atoms with van der Waals surface area (Å²) in [5.74, 6) is -0.281. The molecule has 2 fully saturated rings. The highest BCUT2D eigenvalue weighted by atomic mass is 16.5. The number of nitrogens with zero attached hydrogens (tertiary/aromatic N) is 3. The van der Waals surface area contributed by atoms with Crippen LogP contribution in [0.2, 0.25) is 0 Å². The predicted octanol–water partition coefficient (Wildman–Crippen LogP) is 4.55. The smallest absolute Gasteiger partial charge is 0.337 e. The normalized spacial score (nSPS) is 22.9. The predicted molar refractivity (Wildman–Crippen MR) is 133 cm³/mol. The quantitative estimate of drug-likeness (QED) is 0.580. The van der Waals surface area contributed by atoms with E-state index in [2.05, 4.69) is 52.8 Å². The Morgan fingerprint density at radius 2 is 1.24 bits per heavy atom. The molecule has 2 aliphatic heterocycles. The summed E-state index contributed by atoms with van der Waals surface area (Å²) in [6.45, 7) is 12.3. The second kappa shape index (κ2) is 11.3. The van der Waals surface area contributed by atoms with E-state index in [0.29, 0.717) is 17.6 Å². The van der Waals surface area contributed by atoms with E-state index >= 15 is 0 Å². The molecule has 0 bridgehead atoms. The highest BCUT2D eigenvalue weighted by Gasteiger charge is 2.29. The lowest BCUT2D eigenvalue weighted by Crippen LogP contribution is -2.55. The molecule has 0 radical (unpaired) electrons. The van der Waals surface area contributed by atoms with Crippen molar-refractivity contribution in [2.24, 2.45) is 0 Å². The number of carbonyl (C=O) groups excluding carboxylic acids is 1. The Kier molecular flexibility index (Phi) is 8.18. The van der Waals surface area contributed by atoms with E-state index in [4.69, 9.17) is 4.74 Å². The fourth-order valence-corrected chi connectivity index (χ4v) is 5.37. The van der Waals surface area contributed by atoms with E-state index in [1.54, 1.807) is 0 Å². The summed E-state index contributed by atoms with van der Waals surface area (Å²) in [5, 5.41) is 0. The first-order valence-corrected chi connectivity index (χ1v) is 12.5. The topological polar surface area (TPSA) is 36.0 Å². The van der Waals surface area contributed by atoms with Crippen molar-refractivity contribution in [2.75, 3.05) is 33.3 Å². The summed E-state index contributed by atoms with van der Waals surface area (Å²) >= 11 is 0. The van der Waals surface area contributed by atoms with Crippen LogP contribution in [0.3, 0.4) is 0 Å². The second-order valence-corrected chi connectivity index (χ2v) is 9.91. The van der Waals surface area contributed by atoms with Gasteiger partial charge in [-0.2, -0.15) is 0 Å². The molecule has 2 aliphatic rings. The number of piperidine rings is 1. The average Bonchev–Trinajstić information content (AvgIpc) is 2.83. The van der Waals surface area contributed by atoms with Gasteiger partial charge in [0.2, 0.25) is 0 Å². The Bertz CT molecular complexity index is 878. The molecule has 0 unspecified atom stereocenters. The minimum atomic E-state index is -0.281. The molecule has 33 heavy (non-hydrogen) atoms. The van der Waals surface area contributed by atoms with Crippen LogP contribution in [0.4, 0.5) is 0 Å². The van der Waals surface area contributed by atoms with Crippen LogP contribution in [0.25, 0.3) is 0 Å². The van der Waals surface area contributed by atoms with E-state index in [1.807, 2.05) is 24.3 Å². The third kappa shape index (κ3) is 6.44. The van der Waals surface area contributed by atoms with Crippen LogP contribution in [-0.4, -0.2) is 66.0 Å². The van der Waals surface area contributed by atoms with Crippen LogP contribution < -0.4 is 0 Å². The Morgan fingerprint density at radius 1 is 0.758 bits per heavy atom. The zero-order valence-electron chi connectivity index (χ0n) is 20.5. The van der Waals surface area contributed by atoms with E-state index in [1.165, 1.54) is 56.2 Å². The summed E-state index contributed by atoms with van der Waals surface area (Å²) in [4.78, 5) is 19.4. The number of carbonyl (C=O) groups is 1. The van der Waals surface area contributed by atoms with Gasteiger partial charge in [0, 0.05) is 44.8 Å². The van der Waals surface area contributed by atoms with Crippen molar-refractivity contribution >= 4 is 5.97 Å². The molecule has 5 nitrogen and oxygen atoms in total. The van der Waals surface area contributed by atoms with Crippen LogP contribution in [0.15, 0.2) is 48.5 Å². The van der Waals surface area contributed by atoms with Crippen molar-refractivity contribution in [3.63, 3.8) is 0 Å². The van der Waals surface area contributed by atoms with Gasteiger partial charge < -0.3 is 4.74 Å². The maximum Gasteiger partial charge on any atom is 0.337 e. The van der Waals surface area contributed by atoms with Gasteiger partial charge in [-0.05, 0) is 68.6 Å². The second-order valence-electron chi connectivity index (χ2n) is 9.91. The van der Waals surface area contributed by atoms with Crippen LogP contribution in [0, 0.1) is 0 Å². The Morgan fingerprint density at radius 3 is 1.79 bits per heavy atom. The first-order chi connectivity index (χ1) is 16.0. The summed E-state index contributed by atoms with van der Waals surface area (Å²) in [6, 6.07) is 18.1. The summed E-state index contributed by atoms with van der Waals surface area (Å²) < 4.78 is 4.80. The summed E-state index contributed by atoms with van der Waals surface area (Å²) in [6.07, 6.45) is 4.08. The maximum atomic E-state index is 11.7. The summed E-state index contributed by atoms with van der Waals surface area (Å²) in [7, 11) is 1.42. The Balaban J connectivity index is 1.29. The SMILES string of the molecule is COC(=O)c1ccc(CN2C[C@@H](C)N(Cc3ccc(CN4CCCCC4)cc3)[C@@H](C)C2)cc1. The average molecular weight is 450 g/mol. The standard InChI is InChI=1S/C28H39N3O2/c1-22-17-30(20-25-11-13-27(14-12-25)28(32)33-3)18-23(2)31(22)21-26-9-7-24(8-10-26)19-29-15-5-4-6-16-29/h7-14,22-23H,4-6,15-21H2,1-3H3/t22-,23+. The molecule has 2 atom stereocenters. The third-order valence-electron chi connectivity index (χ3n) is 7.20. The molecule has 2 aromatic rings. The Hall–Kier alpha value is -2.21. The van der Waals surface area contributed by atoms with Crippen LogP contribution >= 0.6 is 0 Å². The largest absolute Gasteiger partial charge is 0.465 e. The molecule has 0 spiro atoms. The van der Waals surface area contributed by atoms with Crippen LogP contribution in [-0.2, 0) is 24.4 Å². The number of rotatable bonds is 7. The number of likely N-dealkylation sites (tertiary alicyclic amines) is 1. The molecule has 2 saturated heterocycles. The molecule has 0 amide bonds. The molecule has 0 aromatic heterocycles. The Labute approximate surface area is 199 Å². The van der Waals surface area contributed by atoms with Gasteiger partial charge in [-0.25, -0.2) is 4.79 Å². The molecule has 4 rings (SSSR count). The number of benzene rings is 2.